The molecule has 0 saturated heterocycles. The Morgan fingerprint density at radius 1 is 0.969 bits per heavy atom. The normalized spacial score (nSPS) is 26.9. The zero-order valence-corrected chi connectivity index (χ0v) is 18.4. The molecule has 0 spiro atoms. The fourth-order valence-electron chi connectivity index (χ4n) is 5.34. The van der Waals surface area contributed by atoms with Gasteiger partial charge in [0, 0.05) is 23.8 Å². The van der Waals surface area contributed by atoms with Crippen LogP contribution >= 0.6 is 0 Å². The first-order valence-electron chi connectivity index (χ1n) is 11.6. The van der Waals surface area contributed by atoms with E-state index < -0.39 is 29.3 Å². The molecule has 32 heavy (non-hydrogen) atoms. The van der Waals surface area contributed by atoms with Gasteiger partial charge in [-0.15, -0.1) is 0 Å². The van der Waals surface area contributed by atoms with E-state index in [1.807, 2.05) is 0 Å². The molecule has 0 N–H and O–H groups in total. The molecule has 2 nitrogen and oxygen atoms in total. The zero-order chi connectivity index (χ0) is 23.3. The first kappa shape index (κ1) is 24.7. The number of hydrogen-bond acceptors (Lipinski definition) is 2. The molecule has 178 valence electrons. The van der Waals surface area contributed by atoms with Gasteiger partial charge in [0.2, 0.25) is 0 Å². The molecule has 0 unspecified atom stereocenters. The van der Waals surface area contributed by atoms with Gasteiger partial charge >= 0.3 is 12.1 Å². The summed E-state index contributed by atoms with van der Waals surface area (Å²) in [6, 6.07) is 1.49. The topological polar surface area (TPSA) is 26.3 Å². The molecule has 0 heterocycles. The van der Waals surface area contributed by atoms with Gasteiger partial charge < -0.3 is 4.74 Å². The van der Waals surface area contributed by atoms with E-state index in [2.05, 4.69) is 6.92 Å². The van der Waals surface area contributed by atoms with E-state index in [1.54, 1.807) is 0 Å². The molecule has 2 aliphatic rings. The summed E-state index contributed by atoms with van der Waals surface area (Å²) in [5, 5.41) is 0. The Morgan fingerprint density at radius 3 is 2.00 bits per heavy atom. The van der Waals surface area contributed by atoms with Crippen LogP contribution in [0.5, 0.6) is 5.75 Å². The number of allylic oxidation sites excluding steroid dienone is 1. The molecule has 3 rings (SSSR count). The van der Waals surface area contributed by atoms with Crippen molar-refractivity contribution in [2.24, 2.45) is 23.7 Å². The van der Waals surface area contributed by atoms with Crippen LogP contribution < -0.4 is 4.74 Å². The van der Waals surface area contributed by atoms with Crippen LogP contribution in [0, 0.1) is 35.3 Å². The third-order valence-corrected chi connectivity index (χ3v) is 7.07. The highest BCUT2D eigenvalue weighted by molar-refractivity contribution is 5.75. The molecule has 2 saturated carbocycles. The number of carbonyl (C=O) groups excluding carboxylic acids is 1. The first-order chi connectivity index (χ1) is 15.2. The molecule has 2 fully saturated rings. The Bertz CT molecular complexity index is 778. The molecule has 0 bridgehead atoms. The van der Waals surface area contributed by atoms with Gasteiger partial charge in [0.25, 0.3) is 0 Å². The number of carbonyl (C=O) groups is 1. The Labute approximate surface area is 186 Å². The van der Waals surface area contributed by atoms with Crippen LogP contribution in [0.15, 0.2) is 18.2 Å². The van der Waals surface area contributed by atoms with Gasteiger partial charge in [-0.1, -0.05) is 32.6 Å². The second-order valence-electron chi connectivity index (χ2n) is 9.28. The maximum atomic E-state index is 14.1. The second-order valence-corrected chi connectivity index (χ2v) is 9.28. The molecule has 0 radical (unpaired) electrons. The minimum Gasteiger partial charge on any atom is -0.426 e. The largest absolute Gasteiger partial charge is 0.426 e. The number of halogens is 5. The van der Waals surface area contributed by atoms with Crippen LogP contribution in [-0.2, 0) is 4.79 Å². The third-order valence-electron chi connectivity index (χ3n) is 7.07. The van der Waals surface area contributed by atoms with E-state index in [9.17, 15) is 26.7 Å². The lowest BCUT2D eigenvalue weighted by Gasteiger charge is -2.37. The summed E-state index contributed by atoms with van der Waals surface area (Å²) < 4.78 is 70.1. The average Bonchev–Trinajstić information content (AvgIpc) is 2.73. The van der Waals surface area contributed by atoms with E-state index in [0.29, 0.717) is 24.8 Å². The third kappa shape index (κ3) is 6.79. The average molecular weight is 459 g/mol. The smallest absolute Gasteiger partial charge is 0.409 e. The van der Waals surface area contributed by atoms with Crippen molar-refractivity contribution in [1.29, 1.82) is 0 Å². The number of alkyl halides is 3. The quantitative estimate of drug-likeness (QED) is 0.246. The maximum absolute atomic E-state index is 14.1. The molecule has 1 aromatic carbocycles. The van der Waals surface area contributed by atoms with E-state index in [-0.39, 0.29) is 17.7 Å². The molecular formula is C25H31F5O2. The lowest BCUT2D eigenvalue weighted by atomic mass is 9.69. The summed E-state index contributed by atoms with van der Waals surface area (Å²) in [5.41, 5.74) is -0.823. The highest BCUT2D eigenvalue weighted by Gasteiger charge is 2.33. The number of ether oxygens (including phenoxy) is 1. The number of hydrogen-bond donors (Lipinski definition) is 0. The summed E-state index contributed by atoms with van der Waals surface area (Å²) in [6.07, 6.45) is 6.36. The van der Waals surface area contributed by atoms with Crippen molar-refractivity contribution in [3.05, 3.63) is 35.4 Å². The van der Waals surface area contributed by atoms with E-state index >= 15 is 0 Å². The van der Waals surface area contributed by atoms with E-state index in [0.717, 1.165) is 36.8 Å². The van der Waals surface area contributed by atoms with Gasteiger partial charge in [0.15, 0.2) is 0 Å². The maximum Gasteiger partial charge on any atom is 0.409 e. The van der Waals surface area contributed by atoms with Gasteiger partial charge in [0.1, 0.15) is 17.4 Å². The highest BCUT2D eigenvalue weighted by atomic mass is 19.4. The van der Waals surface area contributed by atoms with Crippen LogP contribution in [0.4, 0.5) is 22.0 Å². The molecular weight excluding hydrogens is 427 g/mol. The molecule has 2 aliphatic carbocycles. The van der Waals surface area contributed by atoms with Crippen molar-refractivity contribution in [2.45, 2.75) is 77.3 Å². The van der Waals surface area contributed by atoms with Crippen molar-refractivity contribution in [2.75, 3.05) is 0 Å². The SMILES string of the molecule is CCCC1CCC(C2CCC(C(=O)Oc3cc(F)c(/C=C/C(F)(F)F)c(F)c3)CC2)CC1. The van der Waals surface area contributed by atoms with Crippen molar-refractivity contribution in [3.63, 3.8) is 0 Å². The molecule has 0 aromatic heterocycles. The second kappa shape index (κ2) is 10.8. The predicted octanol–water partition coefficient (Wildman–Crippen LogP) is 7.86. The summed E-state index contributed by atoms with van der Waals surface area (Å²) in [4.78, 5) is 12.5. The lowest BCUT2D eigenvalue weighted by Crippen LogP contribution is -2.30. The number of rotatable bonds is 6. The molecule has 1 aromatic rings. The molecule has 7 heteroatoms. The first-order valence-corrected chi connectivity index (χ1v) is 11.6. The van der Waals surface area contributed by atoms with Crippen molar-refractivity contribution < 1.29 is 31.5 Å². The summed E-state index contributed by atoms with van der Waals surface area (Å²) in [6.45, 7) is 2.23. The van der Waals surface area contributed by atoms with Crippen LogP contribution in [0.25, 0.3) is 6.08 Å². The zero-order valence-electron chi connectivity index (χ0n) is 18.4. The Balaban J connectivity index is 1.51. The van der Waals surface area contributed by atoms with Crippen molar-refractivity contribution in [1.82, 2.24) is 0 Å². The summed E-state index contributed by atoms with van der Waals surface area (Å²) in [5.74, 6) is -1.40. The van der Waals surface area contributed by atoms with Crippen molar-refractivity contribution >= 4 is 12.0 Å². The summed E-state index contributed by atoms with van der Waals surface area (Å²) >= 11 is 0. The van der Waals surface area contributed by atoms with E-state index in [4.69, 9.17) is 4.74 Å². The fraction of sp³-hybridized carbons (Fsp3) is 0.640. The van der Waals surface area contributed by atoms with E-state index in [1.165, 1.54) is 38.5 Å². The van der Waals surface area contributed by atoms with Gasteiger partial charge in [-0.05, 0) is 62.4 Å². The number of esters is 1. The van der Waals surface area contributed by atoms with Crippen LogP contribution in [-0.4, -0.2) is 12.1 Å². The predicted molar refractivity (Wildman–Crippen MR) is 113 cm³/mol. The van der Waals surface area contributed by atoms with Crippen LogP contribution in [0.2, 0.25) is 0 Å². The molecule has 0 atom stereocenters. The lowest BCUT2D eigenvalue weighted by molar-refractivity contribution is -0.140. The monoisotopic (exact) mass is 458 g/mol. The van der Waals surface area contributed by atoms with Gasteiger partial charge in [-0.25, -0.2) is 8.78 Å². The summed E-state index contributed by atoms with van der Waals surface area (Å²) in [7, 11) is 0. The van der Waals surface area contributed by atoms with Crippen LogP contribution in [0.1, 0.15) is 76.7 Å². The van der Waals surface area contributed by atoms with Gasteiger partial charge in [0.05, 0.1) is 5.92 Å². The minimum absolute atomic E-state index is 0.241. The minimum atomic E-state index is -4.68. The number of benzene rings is 1. The highest BCUT2D eigenvalue weighted by Crippen LogP contribution is 2.42. The molecule has 0 aliphatic heterocycles. The Kier molecular flexibility index (Phi) is 8.34. The fourth-order valence-corrected chi connectivity index (χ4v) is 5.34. The van der Waals surface area contributed by atoms with Crippen molar-refractivity contribution in [3.8, 4) is 5.75 Å². The van der Waals surface area contributed by atoms with Gasteiger partial charge in [-0.3, -0.25) is 4.79 Å². The van der Waals surface area contributed by atoms with Gasteiger partial charge in [-0.2, -0.15) is 13.2 Å². The Hall–Kier alpha value is -1.92. The Morgan fingerprint density at radius 2 is 1.50 bits per heavy atom. The van der Waals surface area contributed by atoms with Crippen LogP contribution in [0.3, 0.4) is 0 Å². The standard InChI is InChI=1S/C25H31F5O2/c1-2-3-16-4-6-17(7-5-16)18-8-10-19(11-9-18)24(31)32-20-14-22(26)21(23(27)15-20)12-13-25(28,29)30/h12-19H,2-11H2,1H3/b13-12+. The molecule has 0 amide bonds.